The molecule has 4 heteroatoms. The molecule has 0 radical (unpaired) electrons. The fourth-order valence-corrected chi connectivity index (χ4v) is 4.83. The minimum atomic E-state index is -0.296. The highest BCUT2D eigenvalue weighted by Gasteiger charge is 2.33. The van der Waals surface area contributed by atoms with E-state index in [-0.39, 0.29) is 16.7 Å². The van der Waals surface area contributed by atoms with Gasteiger partial charge in [-0.25, -0.2) is 0 Å². The minimum absolute atomic E-state index is 0.118. The first-order valence-electron chi connectivity index (χ1n) is 10.3. The molecule has 1 aliphatic carbocycles. The van der Waals surface area contributed by atoms with E-state index in [0.29, 0.717) is 0 Å². The van der Waals surface area contributed by atoms with Gasteiger partial charge in [-0.15, -0.1) is 0 Å². The van der Waals surface area contributed by atoms with Crippen molar-refractivity contribution in [3.63, 3.8) is 0 Å². The van der Waals surface area contributed by atoms with Crippen LogP contribution in [0, 0.1) is 58.6 Å². The first-order chi connectivity index (χ1) is 14.1. The van der Waals surface area contributed by atoms with Crippen molar-refractivity contribution < 1.29 is 4.92 Å². The van der Waals surface area contributed by atoms with Gasteiger partial charge >= 0.3 is 0 Å². The molecule has 1 aliphatic rings. The Labute approximate surface area is 178 Å². The van der Waals surface area contributed by atoms with Crippen LogP contribution in [0.2, 0.25) is 0 Å². The summed E-state index contributed by atoms with van der Waals surface area (Å²) >= 11 is 0. The summed E-state index contributed by atoms with van der Waals surface area (Å²) in [4.78, 5) is 11.3. The zero-order valence-electron chi connectivity index (χ0n) is 18.7. The number of hydrogen-bond acceptors (Lipinski definition) is 3. The number of nitro groups is 1. The van der Waals surface area contributed by atoms with Crippen LogP contribution in [0.25, 0.3) is 11.1 Å². The van der Waals surface area contributed by atoms with Crippen molar-refractivity contribution >= 4 is 11.4 Å². The number of nitro benzene ring substituents is 1. The average Bonchev–Trinajstić information content (AvgIpc) is 3.01. The van der Waals surface area contributed by atoms with Gasteiger partial charge in [-0.05, 0) is 104 Å². The zero-order valence-corrected chi connectivity index (χ0v) is 18.7. The molecule has 0 saturated heterocycles. The predicted octanol–water partition coefficient (Wildman–Crippen LogP) is 6.94. The van der Waals surface area contributed by atoms with Crippen LogP contribution < -0.4 is 5.32 Å². The summed E-state index contributed by atoms with van der Waals surface area (Å²) in [6, 6.07) is 9.77. The summed E-state index contributed by atoms with van der Waals surface area (Å²) in [5, 5.41) is 15.4. The fourth-order valence-electron chi connectivity index (χ4n) is 4.83. The van der Waals surface area contributed by atoms with Crippen molar-refractivity contribution in [1.29, 1.82) is 0 Å². The topological polar surface area (TPSA) is 55.2 Å². The molecule has 1 atom stereocenters. The highest BCUT2D eigenvalue weighted by Crippen LogP contribution is 2.49. The largest absolute Gasteiger partial charge is 0.374 e. The Balaban J connectivity index is 1.96. The van der Waals surface area contributed by atoms with Crippen LogP contribution in [-0.2, 0) is 0 Å². The number of fused-ring (bicyclic) bond motifs is 3. The summed E-state index contributed by atoms with van der Waals surface area (Å²) < 4.78 is 0. The highest BCUT2D eigenvalue weighted by atomic mass is 16.6. The van der Waals surface area contributed by atoms with Crippen molar-refractivity contribution in [3.8, 4) is 11.1 Å². The van der Waals surface area contributed by atoms with Crippen LogP contribution in [0.3, 0.4) is 0 Å². The molecule has 0 fully saturated rings. The maximum Gasteiger partial charge on any atom is 0.270 e. The number of non-ortho nitro benzene ring substituents is 1. The van der Waals surface area contributed by atoms with Crippen LogP contribution >= 0.6 is 0 Å². The Morgan fingerprint density at radius 1 is 0.800 bits per heavy atom. The summed E-state index contributed by atoms with van der Waals surface area (Å²) in [5.74, 6) is 0. The molecule has 0 spiro atoms. The van der Waals surface area contributed by atoms with Gasteiger partial charge < -0.3 is 5.32 Å². The Bertz CT molecular complexity index is 1200. The van der Waals surface area contributed by atoms with Gasteiger partial charge in [-0.1, -0.05) is 23.8 Å². The number of benzene rings is 3. The molecule has 0 bridgehead atoms. The lowest BCUT2D eigenvalue weighted by atomic mass is 9.92. The van der Waals surface area contributed by atoms with Gasteiger partial charge in [0.05, 0.1) is 11.0 Å². The maximum absolute atomic E-state index is 11.6. The minimum Gasteiger partial charge on any atom is -0.374 e. The number of hydrogen-bond donors (Lipinski definition) is 1. The molecule has 0 saturated carbocycles. The number of aryl methyl sites for hydroxylation is 2. The normalized spacial score (nSPS) is 14.4. The monoisotopic (exact) mass is 400 g/mol. The maximum atomic E-state index is 11.6. The molecule has 0 aliphatic heterocycles. The number of rotatable bonds is 3. The van der Waals surface area contributed by atoms with Crippen LogP contribution in [0.1, 0.15) is 56.1 Å². The Morgan fingerprint density at radius 3 is 2.00 bits per heavy atom. The van der Waals surface area contributed by atoms with Crippen molar-refractivity contribution in [2.24, 2.45) is 0 Å². The van der Waals surface area contributed by atoms with Crippen molar-refractivity contribution in [3.05, 3.63) is 90.5 Å². The summed E-state index contributed by atoms with van der Waals surface area (Å²) in [5.41, 5.74) is 14.2. The molecule has 1 unspecified atom stereocenters. The van der Waals surface area contributed by atoms with Crippen LogP contribution in [0.4, 0.5) is 11.4 Å². The third-order valence-corrected chi connectivity index (χ3v) is 6.95. The SMILES string of the molecule is Cc1ccc2c(c1)C(Nc1c(C)c(C)c(C)c(C)c1C)c1cc([N+](=O)[O-])cc(C)c1-2. The molecule has 0 amide bonds. The van der Waals surface area contributed by atoms with Crippen molar-refractivity contribution in [2.75, 3.05) is 5.32 Å². The average molecular weight is 401 g/mol. The van der Waals surface area contributed by atoms with E-state index in [0.717, 1.165) is 27.9 Å². The molecule has 3 aromatic rings. The second-order valence-electron chi connectivity index (χ2n) is 8.65. The lowest BCUT2D eigenvalue weighted by Crippen LogP contribution is -2.13. The second kappa shape index (κ2) is 6.98. The molecule has 4 nitrogen and oxygen atoms in total. The first-order valence-corrected chi connectivity index (χ1v) is 10.3. The van der Waals surface area contributed by atoms with Gasteiger partial charge in [-0.2, -0.15) is 0 Å². The molecule has 30 heavy (non-hydrogen) atoms. The number of nitrogens with zero attached hydrogens (tertiary/aromatic N) is 1. The van der Waals surface area contributed by atoms with Crippen LogP contribution in [-0.4, -0.2) is 4.92 Å². The Morgan fingerprint density at radius 2 is 1.40 bits per heavy atom. The molecule has 3 aromatic carbocycles. The van der Waals surface area contributed by atoms with E-state index >= 15 is 0 Å². The standard InChI is InChI=1S/C26H28N2O2/c1-13-8-9-21-22(10-13)26(23-12-20(28(29)30)11-14(2)24(21)23)27-25-18(6)16(4)15(3)17(5)19(25)7/h8-12,26-27H,1-7H3. The van der Waals surface area contributed by atoms with E-state index < -0.39 is 0 Å². The molecule has 0 heterocycles. The van der Waals surface area contributed by atoms with Gasteiger partial charge in [0.15, 0.2) is 0 Å². The molecule has 4 rings (SSSR count). The summed E-state index contributed by atoms with van der Waals surface area (Å²) in [6.07, 6.45) is 0. The highest BCUT2D eigenvalue weighted by molar-refractivity contribution is 5.84. The molecule has 0 aromatic heterocycles. The Hall–Kier alpha value is -3.14. The quantitative estimate of drug-likeness (QED) is 0.383. The first kappa shape index (κ1) is 20.1. The smallest absolute Gasteiger partial charge is 0.270 e. The Kier molecular flexibility index (Phi) is 4.69. The van der Waals surface area contributed by atoms with Gasteiger partial charge in [0.1, 0.15) is 0 Å². The predicted molar refractivity (Wildman–Crippen MR) is 124 cm³/mol. The number of nitrogens with one attached hydrogen (secondary N) is 1. The van der Waals surface area contributed by atoms with E-state index in [2.05, 4.69) is 65.1 Å². The van der Waals surface area contributed by atoms with Crippen molar-refractivity contribution in [2.45, 2.75) is 54.5 Å². The lowest BCUT2D eigenvalue weighted by Gasteiger charge is -2.24. The second-order valence-corrected chi connectivity index (χ2v) is 8.65. The van der Waals surface area contributed by atoms with Gasteiger partial charge in [0.25, 0.3) is 5.69 Å². The van der Waals surface area contributed by atoms with Crippen LogP contribution in [0.5, 0.6) is 0 Å². The van der Waals surface area contributed by atoms with E-state index in [1.165, 1.54) is 38.9 Å². The van der Waals surface area contributed by atoms with E-state index in [9.17, 15) is 10.1 Å². The van der Waals surface area contributed by atoms with E-state index in [4.69, 9.17) is 0 Å². The molecular formula is C26H28N2O2. The van der Waals surface area contributed by atoms with E-state index in [1.807, 2.05) is 6.92 Å². The van der Waals surface area contributed by atoms with Gasteiger partial charge in [0.2, 0.25) is 0 Å². The molecule has 1 N–H and O–H groups in total. The molecule has 154 valence electrons. The lowest BCUT2D eigenvalue weighted by molar-refractivity contribution is -0.384. The third-order valence-electron chi connectivity index (χ3n) is 6.95. The van der Waals surface area contributed by atoms with Crippen LogP contribution in [0.15, 0.2) is 30.3 Å². The summed E-state index contributed by atoms with van der Waals surface area (Å²) in [6.45, 7) is 14.9. The molecular weight excluding hydrogens is 372 g/mol. The summed E-state index contributed by atoms with van der Waals surface area (Å²) in [7, 11) is 0. The zero-order chi connectivity index (χ0) is 21.9. The van der Waals surface area contributed by atoms with Crippen molar-refractivity contribution in [1.82, 2.24) is 0 Å². The van der Waals surface area contributed by atoms with E-state index in [1.54, 1.807) is 12.1 Å². The fraction of sp³-hybridized carbons (Fsp3) is 0.308. The van der Waals surface area contributed by atoms with Gasteiger partial charge in [-0.3, -0.25) is 10.1 Å². The number of anilines is 1. The third kappa shape index (κ3) is 2.90. The van der Waals surface area contributed by atoms with Gasteiger partial charge in [0, 0.05) is 17.8 Å².